The number of aliphatic carboxylic acids is 1. The van der Waals surface area contributed by atoms with Crippen LogP contribution in [0.1, 0.15) is 26.7 Å². The van der Waals surface area contributed by atoms with Crippen LogP contribution >= 0.6 is 0 Å². The molecule has 0 saturated heterocycles. The van der Waals surface area contributed by atoms with Gasteiger partial charge in [-0.1, -0.05) is 6.92 Å². The minimum atomic E-state index is -0.840. The van der Waals surface area contributed by atoms with Crippen molar-refractivity contribution in [2.24, 2.45) is 5.92 Å². The number of carboxylic acid groups (broad SMARTS) is 1. The monoisotopic (exact) mass is 259 g/mol. The van der Waals surface area contributed by atoms with Crippen LogP contribution in [-0.4, -0.2) is 42.6 Å². The van der Waals surface area contributed by atoms with E-state index in [1.165, 1.54) is 7.05 Å². The van der Waals surface area contributed by atoms with Crippen molar-refractivity contribution in [2.75, 3.05) is 13.6 Å². The summed E-state index contributed by atoms with van der Waals surface area (Å²) in [5, 5.41) is 16.1. The maximum Gasteiger partial charge on any atom is 0.315 e. The Bertz CT molecular complexity index is 307. The van der Waals surface area contributed by atoms with E-state index in [-0.39, 0.29) is 5.91 Å². The zero-order chi connectivity index (χ0) is 14.1. The van der Waals surface area contributed by atoms with E-state index in [4.69, 9.17) is 5.11 Å². The number of rotatable bonds is 7. The molecule has 3 amide bonds. The minimum Gasteiger partial charge on any atom is -0.481 e. The van der Waals surface area contributed by atoms with Crippen LogP contribution in [-0.2, 0) is 9.59 Å². The van der Waals surface area contributed by atoms with Crippen LogP contribution in [0, 0.1) is 5.92 Å². The maximum atomic E-state index is 11.3. The smallest absolute Gasteiger partial charge is 0.315 e. The quantitative estimate of drug-likeness (QED) is 0.480. The fraction of sp³-hybridized carbons (Fsp3) is 0.727. The van der Waals surface area contributed by atoms with Gasteiger partial charge in [0.2, 0.25) is 5.91 Å². The lowest BCUT2D eigenvalue weighted by Crippen LogP contribution is -2.47. The van der Waals surface area contributed by atoms with E-state index in [1.54, 1.807) is 13.8 Å². The summed E-state index contributed by atoms with van der Waals surface area (Å²) < 4.78 is 0. The second kappa shape index (κ2) is 8.32. The van der Waals surface area contributed by atoms with Gasteiger partial charge in [-0.15, -0.1) is 0 Å². The second-order valence-electron chi connectivity index (χ2n) is 4.12. The van der Waals surface area contributed by atoms with Crippen LogP contribution in [0.2, 0.25) is 0 Å². The van der Waals surface area contributed by atoms with Gasteiger partial charge >= 0.3 is 12.0 Å². The topological polar surface area (TPSA) is 108 Å². The number of likely N-dealkylation sites (N-methyl/N-ethyl adjacent to an activating group) is 1. The number of carboxylic acids is 1. The van der Waals surface area contributed by atoms with Crippen LogP contribution in [0.3, 0.4) is 0 Å². The average Bonchev–Trinajstić information content (AvgIpc) is 2.32. The Kier molecular flexibility index (Phi) is 7.50. The Morgan fingerprint density at radius 1 is 1.22 bits per heavy atom. The van der Waals surface area contributed by atoms with Crippen molar-refractivity contribution < 1.29 is 19.5 Å². The highest BCUT2D eigenvalue weighted by atomic mass is 16.4. The molecule has 2 unspecified atom stereocenters. The van der Waals surface area contributed by atoms with Crippen LogP contribution in [0.4, 0.5) is 4.79 Å². The molecule has 18 heavy (non-hydrogen) atoms. The summed E-state index contributed by atoms with van der Waals surface area (Å²) in [5.74, 6) is -1.53. The van der Waals surface area contributed by atoms with Gasteiger partial charge in [0.15, 0.2) is 0 Å². The van der Waals surface area contributed by atoms with E-state index >= 15 is 0 Å². The molecule has 0 aliphatic rings. The van der Waals surface area contributed by atoms with Gasteiger partial charge in [-0.25, -0.2) is 4.79 Å². The molecular weight excluding hydrogens is 238 g/mol. The third kappa shape index (κ3) is 6.72. The highest BCUT2D eigenvalue weighted by molar-refractivity contribution is 5.86. The Labute approximate surface area is 106 Å². The molecule has 7 nitrogen and oxygen atoms in total. The van der Waals surface area contributed by atoms with E-state index in [1.807, 2.05) is 0 Å². The van der Waals surface area contributed by atoms with Gasteiger partial charge < -0.3 is 21.1 Å². The first kappa shape index (κ1) is 16.2. The van der Waals surface area contributed by atoms with Crippen molar-refractivity contribution in [1.29, 1.82) is 0 Å². The summed E-state index contributed by atoms with van der Waals surface area (Å²) in [6.45, 7) is 3.57. The van der Waals surface area contributed by atoms with E-state index in [9.17, 15) is 14.4 Å². The number of carbonyl (C=O) groups is 3. The predicted molar refractivity (Wildman–Crippen MR) is 66.1 cm³/mol. The van der Waals surface area contributed by atoms with Crippen LogP contribution in [0.15, 0.2) is 0 Å². The van der Waals surface area contributed by atoms with Gasteiger partial charge in [0, 0.05) is 13.6 Å². The van der Waals surface area contributed by atoms with Crippen molar-refractivity contribution in [2.45, 2.75) is 32.7 Å². The zero-order valence-corrected chi connectivity index (χ0v) is 10.9. The number of nitrogens with one attached hydrogen (secondary N) is 3. The van der Waals surface area contributed by atoms with Gasteiger partial charge in [-0.2, -0.15) is 0 Å². The average molecular weight is 259 g/mol. The normalized spacial score (nSPS) is 13.3. The summed E-state index contributed by atoms with van der Waals surface area (Å²) in [6, 6.07) is -1.04. The molecule has 104 valence electrons. The summed E-state index contributed by atoms with van der Waals surface area (Å²) in [6.07, 6.45) is 1.08. The Morgan fingerprint density at radius 2 is 1.83 bits per heavy atom. The fourth-order valence-electron chi connectivity index (χ4n) is 1.26. The molecule has 0 fully saturated rings. The van der Waals surface area contributed by atoms with Crippen molar-refractivity contribution in [1.82, 2.24) is 16.0 Å². The van der Waals surface area contributed by atoms with E-state index in [0.29, 0.717) is 19.4 Å². The Morgan fingerprint density at radius 3 is 2.33 bits per heavy atom. The molecule has 0 aromatic carbocycles. The van der Waals surface area contributed by atoms with Crippen LogP contribution < -0.4 is 16.0 Å². The summed E-state index contributed by atoms with van der Waals surface area (Å²) in [4.78, 5) is 33.0. The molecule has 0 saturated carbocycles. The zero-order valence-electron chi connectivity index (χ0n) is 10.9. The third-order valence-electron chi connectivity index (χ3n) is 2.51. The van der Waals surface area contributed by atoms with Crippen molar-refractivity contribution in [3.8, 4) is 0 Å². The first-order valence-corrected chi connectivity index (χ1v) is 5.87. The lowest BCUT2D eigenvalue weighted by molar-refractivity contribution is -0.141. The van der Waals surface area contributed by atoms with Crippen molar-refractivity contribution in [3.05, 3.63) is 0 Å². The van der Waals surface area contributed by atoms with Gasteiger partial charge in [-0.05, 0) is 19.8 Å². The largest absolute Gasteiger partial charge is 0.481 e. The first-order valence-electron chi connectivity index (χ1n) is 5.87. The van der Waals surface area contributed by atoms with Gasteiger partial charge in [0.25, 0.3) is 0 Å². The van der Waals surface area contributed by atoms with Crippen LogP contribution in [0.5, 0.6) is 0 Å². The molecule has 0 rings (SSSR count). The number of carbonyl (C=O) groups excluding carboxylic acids is 2. The number of amides is 3. The minimum absolute atomic E-state index is 0.273. The molecule has 4 N–H and O–H groups in total. The molecule has 2 atom stereocenters. The number of hydrogen-bond donors (Lipinski definition) is 4. The van der Waals surface area contributed by atoms with Crippen molar-refractivity contribution >= 4 is 17.9 Å². The number of urea groups is 1. The molecule has 0 aromatic heterocycles. The molecule has 0 bridgehead atoms. The Hall–Kier alpha value is -1.79. The maximum absolute atomic E-state index is 11.3. The summed E-state index contributed by atoms with van der Waals surface area (Å²) in [5.41, 5.74) is 0. The van der Waals surface area contributed by atoms with E-state index in [0.717, 1.165) is 0 Å². The van der Waals surface area contributed by atoms with Crippen LogP contribution in [0.25, 0.3) is 0 Å². The highest BCUT2D eigenvalue weighted by Gasteiger charge is 2.13. The SMILES string of the molecule is CNC(=O)C(C)NC(=O)NCCCC(C)C(=O)O. The molecular formula is C11H21N3O4. The molecule has 0 aliphatic carbocycles. The lowest BCUT2D eigenvalue weighted by Gasteiger charge is -2.13. The third-order valence-corrected chi connectivity index (χ3v) is 2.51. The standard InChI is InChI=1S/C11H21N3O4/c1-7(10(16)17)5-4-6-13-11(18)14-8(2)9(15)12-3/h7-8H,4-6H2,1-3H3,(H,12,15)(H,16,17)(H2,13,14,18). The highest BCUT2D eigenvalue weighted by Crippen LogP contribution is 2.03. The molecule has 0 aliphatic heterocycles. The second-order valence-corrected chi connectivity index (χ2v) is 4.12. The molecule has 0 spiro atoms. The predicted octanol–water partition coefficient (Wildman–Crippen LogP) is -0.0790. The Balaban J connectivity index is 3.72. The molecule has 0 aromatic rings. The molecule has 0 heterocycles. The first-order chi connectivity index (χ1) is 8.38. The number of hydrogen-bond acceptors (Lipinski definition) is 3. The lowest BCUT2D eigenvalue weighted by atomic mass is 10.1. The summed E-state index contributed by atoms with van der Waals surface area (Å²) >= 11 is 0. The molecule has 0 radical (unpaired) electrons. The van der Waals surface area contributed by atoms with E-state index in [2.05, 4.69) is 16.0 Å². The van der Waals surface area contributed by atoms with E-state index < -0.39 is 24.0 Å². The van der Waals surface area contributed by atoms with Crippen molar-refractivity contribution in [3.63, 3.8) is 0 Å². The fourth-order valence-corrected chi connectivity index (χ4v) is 1.26. The molecule has 7 heteroatoms. The summed E-state index contributed by atoms with van der Waals surface area (Å²) in [7, 11) is 1.49. The van der Waals surface area contributed by atoms with Gasteiger partial charge in [0.05, 0.1) is 5.92 Å². The van der Waals surface area contributed by atoms with Gasteiger partial charge in [0.1, 0.15) is 6.04 Å². The van der Waals surface area contributed by atoms with Gasteiger partial charge in [-0.3, -0.25) is 9.59 Å².